The lowest BCUT2D eigenvalue weighted by Crippen LogP contribution is -2.28. The molecule has 0 fully saturated rings. The van der Waals surface area contributed by atoms with E-state index in [2.05, 4.69) is 21.2 Å². The standard InChI is InChI=1S/C11H18N4O2S/c1-15-11(5-8-13-15)18(16,17)14-9-4-10-2-6-12-7-3-10/h2,5,8,12,14H,3-4,6-7,9H2,1H3. The second kappa shape index (κ2) is 5.64. The van der Waals surface area contributed by atoms with E-state index in [4.69, 9.17) is 0 Å². The van der Waals surface area contributed by atoms with Gasteiger partial charge in [-0.05, 0) is 25.5 Å². The first-order valence-corrected chi connectivity index (χ1v) is 7.44. The van der Waals surface area contributed by atoms with Crippen molar-refractivity contribution in [2.45, 2.75) is 17.9 Å². The van der Waals surface area contributed by atoms with E-state index >= 15 is 0 Å². The maximum Gasteiger partial charge on any atom is 0.257 e. The van der Waals surface area contributed by atoms with Gasteiger partial charge < -0.3 is 5.32 Å². The second-order valence-electron chi connectivity index (χ2n) is 4.26. The minimum Gasteiger partial charge on any atom is -0.313 e. The maximum atomic E-state index is 12.0. The van der Waals surface area contributed by atoms with Crippen molar-refractivity contribution in [2.75, 3.05) is 19.6 Å². The van der Waals surface area contributed by atoms with Crippen LogP contribution in [0.2, 0.25) is 0 Å². The molecule has 0 amide bonds. The minimum absolute atomic E-state index is 0.196. The number of aromatic nitrogens is 2. The van der Waals surface area contributed by atoms with E-state index in [0.29, 0.717) is 6.54 Å². The van der Waals surface area contributed by atoms with Gasteiger partial charge in [0.25, 0.3) is 10.0 Å². The van der Waals surface area contributed by atoms with E-state index in [-0.39, 0.29) is 5.03 Å². The fourth-order valence-corrected chi connectivity index (χ4v) is 3.10. The summed E-state index contributed by atoms with van der Waals surface area (Å²) in [4.78, 5) is 0. The zero-order valence-corrected chi connectivity index (χ0v) is 11.2. The molecule has 1 aliphatic rings. The molecule has 0 aromatic carbocycles. The van der Waals surface area contributed by atoms with Crippen LogP contribution in [0.5, 0.6) is 0 Å². The van der Waals surface area contributed by atoms with E-state index in [1.165, 1.54) is 22.5 Å². The first-order valence-electron chi connectivity index (χ1n) is 5.96. The van der Waals surface area contributed by atoms with Crippen molar-refractivity contribution in [3.63, 3.8) is 0 Å². The molecule has 2 N–H and O–H groups in total. The van der Waals surface area contributed by atoms with Crippen molar-refractivity contribution < 1.29 is 8.42 Å². The van der Waals surface area contributed by atoms with Crippen molar-refractivity contribution >= 4 is 10.0 Å². The molecular formula is C11H18N4O2S. The molecule has 2 rings (SSSR count). The summed E-state index contributed by atoms with van der Waals surface area (Å²) in [6.07, 6.45) is 5.36. The minimum atomic E-state index is -3.44. The van der Waals surface area contributed by atoms with Gasteiger partial charge in [-0.2, -0.15) is 5.10 Å². The Kier molecular flexibility index (Phi) is 4.15. The van der Waals surface area contributed by atoms with Gasteiger partial charge in [-0.3, -0.25) is 4.68 Å². The number of hydrogen-bond donors (Lipinski definition) is 2. The van der Waals surface area contributed by atoms with Crippen molar-refractivity contribution in [1.29, 1.82) is 0 Å². The summed E-state index contributed by atoms with van der Waals surface area (Å²) >= 11 is 0. The van der Waals surface area contributed by atoms with Gasteiger partial charge in [-0.25, -0.2) is 13.1 Å². The number of aryl methyl sites for hydroxylation is 1. The fourth-order valence-electron chi connectivity index (χ4n) is 1.94. The highest BCUT2D eigenvalue weighted by molar-refractivity contribution is 7.89. The number of sulfonamides is 1. The van der Waals surface area contributed by atoms with Crippen molar-refractivity contribution in [3.05, 3.63) is 23.9 Å². The Balaban J connectivity index is 1.90. The van der Waals surface area contributed by atoms with Crippen LogP contribution in [0.15, 0.2) is 28.9 Å². The topological polar surface area (TPSA) is 76.0 Å². The van der Waals surface area contributed by atoms with Crippen LogP contribution in [0.4, 0.5) is 0 Å². The Morgan fingerprint density at radius 3 is 3.00 bits per heavy atom. The van der Waals surface area contributed by atoms with Crippen LogP contribution in [0.3, 0.4) is 0 Å². The number of hydrogen-bond acceptors (Lipinski definition) is 4. The van der Waals surface area contributed by atoms with Gasteiger partial charge in [-0.1, -0.05) is 11.6 Å². The van der Waals surface area contributed by atoms with E-state index in [1.807, 2.05) is 0 Å². The van der Waals surface area contributed by atoms with Crippen LogP contribution in [-0.4, -0.2) is 37.8 Å². The first-order chi connectivity index (χ1) is 8.59. The third kappa shape index (κ3) is 3.18. The van der Waals surface area contributed by atoms with E-state index < -0.39 is 10.0 Å². The van der Waals surface area contributed by atoms with Crippen molar-refractivity contribution in [1.82, 2.24) is 19.8 Å². The Labute approximate surface area is 107 Å². The maximum absolute atomic E-state index is 12.0. The molecule has 0 radical (unpaired) electrons. The number of nitrogens with zero attached hydrogens (tertiary/aromatic N) is 2. The predicted octanol–water partition coefficient (Wildman–Crippen LogP) is 0.00820. The summed E-state index contributed by atoms with van der Waals surface area (Å²) in [6.45, 7) is 2.28. The third-order valence-corrected chi connectivity index (χ3v) is 4.48. The van der Waals surface area contributed by atoms with Crippen LogP contribution >= 0.6 is 0 Å². The zero-order valence-electron chi connectivity index (χ0n) is 10.4. The predicted molar refractivity (Wildman–Crippen MR) is 68.6 cm³/mol. The Hall–Kier alpha value is -1.18. The third-order valence-electron chi connectivity index (χ3n) is 2.95. The molecule has 1 aliphatic heterocycles. The highest BCUT2D eigenvalue weighted by Gasteiger charge is 2.17. The number of rotatable bonds is 5. The first kappa shape index (κ1) is 13.3. The average molecular weight is 270 g/mol. The van der Waals surface area contributed by atoms with Gasteiger partial charge in [-0.15, -0.1) is 0 Å². The van der Waals surface area contributed by atoms with Gasteiger partial charge in [0, 0.05) is 20.1 Å². The molecular weight excluding hydrogens is 252 g/mol. The monoisotopic (exact) mass is 270 g/mol. The fraction of sp³-hybridized carbons (Fsp3) is 0.545. The molecule has 0 saturated heterocycles. The summed E-state index contributed by atoms with van der Waals surface area (Å²) in [5, 5.41) is 7.28. The molecule has 100 valence electrons. The number of nitrogens with one attached hydrogen (secondary N) is 2. The van der Waals surface area contributed by atoms with Crippen LogP contribution < -0.4 is 10.0 Å². The summed E-state index contributed by atoms with van der Waals surface area (Å²) in [7, 11) is -1.83. The molecule has 0 spiro atoms. The van der Waals surface area contributed by atoms with Gasteiger partial charge in [0.1, 0.15) is 0 Å². The molecule has 18 heavy (non-hydrogen) atoms. The quantitative estimate of drug-likeness (QED) is 0.739. The van der Waals surface area contributed by atoms with Crippen LogP contribution in [0.1, 0.15) is 12.8 Å². The lowest BCUT2D eigenvalue weighted by atomic mass is 10.1. The summed E-state index contributed by atoms with van der Waals surface area (Å²) < 4.78 is 27.9. The van der Waals surface area contributed by atoms with Crippen molar-refractivity contribution in [3.8, 4) is 0 Å². The molecule has 2 heterocycles. The van der Waals surface area contributed by atoms with E-state index in [1.54, 1.807) is 7.05 Å². The van der Waals surface area contributed by atoms with Crippen LogP contribution in [0, 0.1) is 0 Å². The molecule has 0 bridgehead atoms. The summed E-state index contributed by atoms with van der Waals surface area (Å²) in [6, 6.07) is 1.49. The molecule has 0 atom stereocenters. The van der Waals surface area contributed by atoms with Crippen LogP contribution in [-0.2, 0) is 17.1 Å². The Bertz CT molecular complexity index is 533. The molecule has 1 aromatic heterocycles. The Morgan fingerprint density at radius 1 is 1.56 bits per heavy atom. The smallest absolute Gasteiger partial charge is 0.257 e. The van der Waals surface area contributed by atoms with Crippen LogP contribution in [0.25, 0.3) is 0 Å². The lowest BCUT2D eigenvalue weighted by Gasteiger charge is -2.14. The van der Waals surface area contributed by atoms with Gasteiger partial charge in [0.05, 0.1) is 6.20 Å². The molecule has 0 aliphatic carbocycles. The van der Waals surface area contributed by atoms with E-state index in [9.17, 15) is 8.42 Å². The highest BCUT2D eigenvalue weighted by Crippen LogP contribution is 2.10. The molecule has 1 aromatic rings. The van der Waals surface area contributed by atoms with Crippen molar-refractivity contribution in [2.24, 2.45) is 7.05 Å². The average Bonchev–Trinajstić information content (AvgIpc) is 2.77. The molecule has 7 heteroatoms. The highest BCUT2D eigenvalue weighted by atomic mass is 32.2. The summed E-state index contributed by atoms with van der Waals surface area (Å²) in [5.74, 6) is 0. The molecule has 0 saturated carbocycles. The van der Waals surface area contributed by atoms with Gasteiger partial charge in [0.2, 0.25) is 0 Å². The zero-order chi connectivity index (χ0) is 13.0. The Morgan fingerprint density at radius 2 is 2.39 bits per heavy atom. The van der Waals surface area contributed by atoms with Gasteiger partial charge >= 0.3 is 0 Å². The second-order valence-corrected chi connectivity index (χ2v) is 5.97. The molecule has 0 unspecified atom stereocenters. The normalized spacial score (nSPS) is 16.6. The SMILES string of the molecule is Cn1nccc1S(=O)(=O)NCCC1=CCNCC1. The molecule has 6 nitrogen and oxygen atoms in total. The largest absolute Gasteiger partial charge is 0.313 e. The summed E-state index contributed by atoms with van der Waals surface area (Å²) in [5.41, 5.74) is 1.31. The van der Waals surface area contributed by atoms with E-state index in [0.717, 1.165) is 25.9 Å². The van der Waals surface area contributed by atoms with Gasteiger partial charge in [0.15, 0.2) is 5.03 Å². The lowest BCUT2D eigenvalue weighted by molar-refractivity contribution is 0.562.